The van der Waals surface area contributed by atoms with E-state index in [2.05, 4.69) is 22.2 Å². The summed E-state index contributed by atoms with van der Waals surface area (Å²) in [7, 11) is 0. The molecule has 0 aliphatic carbocycles. The molecule has 1 aliphatic heterocycles. The number of ether oxygens (including phenoxy) is 1. The van der Waals surface area contributed by atoms with Crippen LogP contribution >= 0.6 is 0 Å². The minimum Gasteiger partial charge on any atom is -0.381 e. The van der Waals surface area contributed by atoms with E-state index in [0.29, 0.717) is 12.0 Å². The molecule has 1 N–H and O–H groups in total. The Bertz CT molecular complexity index is 364. The van der Waals surface area contributed by atoms with Crippen molar-refractivity contribution in [2.24, 2.45) is 5.92 Å². The zero-order valence-corrected chi connectivity index (χ0v) is 11.4. The van der Waals surface area contributed by atoms with Crippen LogP contribution in [0.25, 0.3) is 0 Å². The maximum Gasteiger partial charge on any atom is 0.125 e. The Morgan fingerprint density at radius 3 is 2.89 bits per heavy atom. The number of aryl methyl sites for hydroxylation is 1. The molecule has 0 saturated carbocycles. The van der Waals surface area contributed by atoms with Gasteiger partial charge in [0.15, 0.2) is 0 Å². The Labute approximate surface area is 109 Å². The summed E-state index contributed by atoms with van der Waals surface area (Å²) < 4.78 is 5.45. The molecule has 0 bridgehead atoms. The second-order valence-electron chi connectivity index (χ2n) is 4.91. The lowest BCUT2D eigenvalue weighted by molar-refractivity contribution is 0.0530. The quantitative estimate of drug-likeness (QED) is 0.869. The third-order valence-corrected chi connectivity index (χ3v) is 3.47. The van der Waals surface area contributed by atoms with Gasteiger partial charge in [-0.3, -0.25) is 0 Å². The van der Waals surface area contributed by atoms with Crippen LogP contribution in [0.2, 0.25) is 0 Å². The second-order valence-corrected chi connectivity index (χ2v) is 4.91. The number of hydrogen-bond donors (Lipinski definition) is 1. The summed E-state index contributed by atoms with van der Waals surface area (Å²) >= 11 is 0. The van der Waals surface area contributed by atoms with Gasteiger partial charge in [0.25, 0.3) is 0 Å². The van der Waals surface area contributed by atoms with Crippen LogP contribution in [0.15, 0.2) is 12.3 Å². The van der Waals surface area contributed by atoms with Crippen molar-refractivity contribution in [3.05, 3.63) is 23.8 Å². The largest absolute Gasteiger partial charge is 0.381 e. The molecule has 1 fully saturated rings. The van der Waals surface area contributed by atoms with E-state index in [1.54, 1.807) is 0 Å². The first-order valence-electron chi connectivity index (χ1n) is 6.92. The number of nitrogens with zero attached hydrogens (tertiary/aromatic N) is 2. The molecule has 4 nitrogen and oxygen atoms in total. The molecular weight excluding hydrogens is 226 g/mol. The van der Waals surface area contributed by atoms with Gasteiger partial charge in [-0.2, -0.15) is 0 Å². The van der Waals surface area contributed by atoms with Crippen molar-refractivity contribution in [2.45, 2.75) is 39.2 Å². The van der Waals surface area contributed by atoms with E-state index >= 15 is 0 Å². The average Bonchev–Trinajstić information content (AvgIpc) is 2.40. The van der Waals surface area contributed by atoms with Crippen molar-refractivity contribution in [1.29, 1.82) is 0 Å². The Hall–Kier alpha value is -1.00. The molecule has 0 aromatic carbocycles. The Kier molecular flexibility index (Phi) is 5.08. The fraction of sp³-hybridized carbons (Fsp3) is 0.714. The van der Waals surface area contributed by atoms with Gasteiger partial charge in [-0.05, 0) is 44.7 Å². The van der Waals surface area contributed by atoms with E-state index in [0.717, 1.165) is 50.5 Å². The van der Waals surface area contributed by atoms with Crippen LogP contribution in [-0.4, -0.2) is 29.7 Å². The summed E-state index contributed by atoms with van der Waals surface area (Å²) in [5.41, 5.74) is 1.13. The first-order chi connectivity index (χ1) is 8.81. The van der Waals surface area contributed by atoms with E-state index in [9.17, 15) is 0 Å². The molecule has 1 unspecified atom stereocenters. The zero-order valence-electron chi connectivity index (χ0n) is 11.4. The topological polar surface area (TPSA) is 47.0 Å². The summed E-state index contributed by atoms with van der Waals surface area (Å²) in [6.07, 6.45) is 5.23. The van der Waals surface area contributed by atoms with Gasteiger partial charge < -0.3 is 10.1 Å². The number of hydrogen-bond acceptors (Lipinski definition) is 4. The Morgan fingerprint density at radius 1 is 1.44 bits per heavy atom. The first-order valence-corrected chi connectivity index (χ1v) is 6.92. The van der Waals surface area contributed by atoms with Crippen LogP contribution in [0.3, 0.4) is 0 Å². The lowest BCUT2D eigenvalue weighted by atomic mass is 9.89. The van der Waals surface area contributed by atoms with Crippen molar-refractivity contribution in [2.75, 3.05) is 19.8 Å². The lowest BCUT2D eigenvalue weighted by Gasteiger charge is -2.30. The maximum absolute atomic E-state index is 5.45. The van der Waals surface area contributed by atoms with Crippen molar-refractivity contribution in [1.82, 2.24) is 15.3 Å². The van der Waals surface area contributed by atoms with Crippen LogP contribution in [0, 0.1) is 12.8 Å². The van der Waals surface area contributed by atoms with E-state index in [1.807, 2.05) is 19.2 Å². The molecule has 1 atom stereocenters. The fourth-order valence-corrected chi connectivity index (χ4v) is 2.51. The SMILES string of the molecule is CCCNC(c1ccnc(C)n1)C1CCOCC1. The van der Waals surface area contributed by atoms with Gasteiger partial charge in [0, 0.05) is 19.4 Å². The third kappa shape index (κ3) is 3.50. The highest BCUT2D eigenvalue weighted by molar-refractivity contribution is 5.09. The van der Waals surface area contributed by atoms with E-state index in [4.69, 9.17) is 4.74 Å². The minimum absolute atomic E-state index is 0.343. The molecule has 0 radical (unpaired) electrons. The highest BCUT2D eigenvalue weighted by atomic mass is 16.5. The van der Waals surface area contributed by atoms with Gasteiger partial charge in [-0.15, -0.1) is 0 Å². The van der Waals surface area contributed by atoms with Crippen LogP contribution < -0.4 is 5.32 Å². The normalized spacial score (nSPS) is 18.8. The maximum atomic E-state index is 5.45. The smallest absolute Gasteiger partial charge is 0.125 e. The van der Waals surface area contributed by atoms with E-state index < -0.39 is 0 Å². The molecule has 1 aromatic rings. The average molecular weight is 249 g/mol. The van der Waals surface area contributed by atoms with Gasteiger partial charge >= 0.3 is 0 Å². The predicted octanol–water partition coefficient (Wildman–Crippen LogP) is 2.25. The summed E-state index contributed by atoms with van der Waals surface area (Å²) in [5.74, 6) is 1.47. The van der Waals surface area contributed by atoms with Gasteiger partial charge in [-0.1, -0.05) is 6.92 Å². The predicted molar refractivity (Wildman–Crippen MR) is 71.3 cm³/mol. The van der Waals surface area contributed by atoms with Gasteiger partial charge in [0.05, 0.1) is 11.7 Å². The van der Waals surface area contributed by atoms with Gasteiger partial charge in [-0.25, -0.2) is 9.97 Å². The number of aromatic nitrogens is 2. The highest BCUT2D eigenvalue weighted by Gasteiger charge is 2.25. The van der Waals surface area contributed by atoms with Crippen LogP contribution in [0.4, 0.5) is 0 Å². The molecule has 1 saturated heterocycles. The highest BCUT2D eigenvalue weighted by Crippen LogP contribution is 2.28. The van der Waals surface area contributed by atoms with Crippen molar-refractivity contribution in [3.63, 3.8) is 0 Å². The number of rotatable bonds is 5. The fourth-order valence-electron chi connectivity index (χ4n) is 2.51. The van der Waals surface area contributed by atoms with E-state index in [1.165, 1.54) is 0 Å². The van der Waals surface area contributed by atoms with Crippen molar-refractivity contribution < 1.29 is 4.74 Å². The standard InChI is InChI=1S/C14H23N3O/c1-3-7-16-14(12-5-9-18-10-6-12)13-4-8-15-11(2)17-13/h4,8,12,14,16H,3,5-7,9-10H2,1-2H3. The minimum atomic E-state index is 0.343. The van der Waals surface area contributed by atoms with E-state index in [-0.39, 0.29) is 0 Å². The molecule has 1 aliphatic rings. The van der Waals surface area contributed by atoms with Crippen LogP contribution in [-0.2, 0) is 4.74 Å². The Morgan fingerprint density at radius 2 is 2.22 bits per heavy atom. The van der Waals surface area contributed by atoms with Crippen LogP contribution in [0.1, 0.15) is 43.7 Å². The van der Waals surface area contributed by atoms with Crippen molar-refractivity contribution >= 4 is 0 Å². The summed E-state index contributed by atoms with van der Waals surface area (Å²) in [6, 6.07) is 2.38. The summed E-state index contributed by atoms with van der Waals surface area (Å²) in [4.78, 5) is 8.77. The second kappa shape index (κ2) is 6.81. The van der Waals surface area contributed by atoms with Gasteiger partial charge in [0.2, 0.25) is 0 Å². The summed E-state index contributed by atoms with van der Waals surface area (Å²) in [5, 5.41) is 3.64. The van der Waals surface area contributed by atoms with Crippen LogP contribution in [0.5, 0.6) is 0 Å². The molecular formula is C14H23N3O. The molecule has 0 amide bonds. The number of nitrogens with one attached hydrogen (secondary N) is 1. The summed E-state index contributed by atoms with van der Waals surface area (Å²) in [6.45, 7) is 6.92. The monoisotopic (exact) mass is 249 g/mol. The molecule has 2 heterocycles. The molecule has 0 spiro atoms. The zero-order chi connectivity index (χ0) is 12.8. The Balaban J connectivity index is 2.12. The van der Waals surface area contributed by atoms with Gasteiger partial charge in [0.1, 0.15) is 5.82 Å². The third-order valence-electron chi connectivity index (χ3n) is 3.47. The molecule has 4 heteroatoms. The molecule has 18 heavy (non-hydrogen) atoms. The molecule has 100 valence electrons. The van der Waals surface area contributed by atoms with Crippen molar-refractivity contribution in [3.8, 4) is 0 Å². The molecule has 1 aromatic heterocycles. The first kappa shape index (κ1) is 13.4. The lowest BCUT2D eigenvalue weighted by Crippen LogP contribution is -2.33. The molecule has 2 rings (SSSR count).